The van der Waals surface area contributed by atoms with Crippen LogP contribution >= 0.6 is 0 Å². The molecule has 0 aromatic heterocycles. The largest absolute Gasteiger partial charge is 0.368 e. The molecule has 116 valence electrons. The fourth-order valence-corrected chi connectivity index (χ4v) is 1.43. The highest BCUT2D eigenvalue weighted by Gasteiger charge is 2.22. The fraction of sp³-hybridized carbons (Fsp3) is 1.00. The Balaban J connectivity index is 4.28. The van der Waals surface area contributed by atoms with Crippen molar-refractivity contribution < 1.29 is 29.5 Å². The van der Waals surface area contributed by atoms with Crippen molar-refractivity contribution in [2.75, 3.05) is 0 Å². The first-order valence-electron chi connectivity index (χ1n) is 7.03. The van der Waals surface area contributed by atoms with Gasteiger partial charge in [0.25, 0.3) is 6.48 Å². The van der Waals surface area contributed by atoms with Crippen LogP contribution in [0.4, 0.5) is 0 Å². The van der Waals surface area contributed by atoms with E-state index in [1.165, 1.54) is 0 Å². The maximum absolute atomic E-state index is 9.56. The molecule has 0 aliphatic carbocycles. The van der Waals surface area contributed by atoms with E-state index < -0.39 is 25.3 Å². The molecule has 0 heterocycles. The number of aliphatic hydroxyl groups excluding tert-OH is 3. The Labute approximate surface area is 115 Å². The Kier molecular flexibility index (Phi) is 11.4. The first-order chi connectivity index (χ1) is 9.03. The van der Waals surface area contributed by atoms with E-state index in [0.29, 0.717) is 19.3 Å². The molecule has 3 N–H and O–H groups in total. The molecule has 6 heteroatoms. The smallest absolute Gasteiger partial charge is 0.278 e. The molecule has 0 amide bonds. The van der Waals surface area contributed by atoms with E-state index in [2.05, 4.69) is 0 Å². The molecule has 0 aromatic carbocycles. The van der Waals surface area contributed by atoms with E-state index >= 15 is 0 Å². The SMILES string of the molecule is CCCC(O)OC(OC(O)CCC)OC(O)CCC. The van der Waals surface area contributed by atoms with Gasteiger partial charge in [0.2, 0.25) is 0 Å². The molecule has 0 saturated heterocycles. The zero-order chi connectivity index (χ0) is 14.7. The summed E-state index contributed by atoms with van der Waals surface area (Å²) in [5.74, 6) is 0. The average Bonchev–Trinajstić information content (AvgIpc) is 2.29. The van der Waals surface area contributed by atoms with Crippen molar-refractivity contribution in [1.82, 2.24) is 0 Å². The summed E-state index contributed by atoms with van der Waals surface area (Å²) >= 11 is 0. The van der Waals surface area contributed by atoms with Crippen molar-refractivity contribution in [3.63, 3.8) is 0 Å². The molecule has 0 spiro atoms. The van der Waals surface area contributed by atoms with Crippen LogP contribution in [0.15, 0.2) is 0 Å². The summed E-state index contributed by atoms with van der Waals surface area (Å²) in [5.41, 5.74) is 0. The van der Waals surface area contributed by atoms with Crippen LogP contribution in [-0.4, -0.2) is 40.7 Å². The lowest BCUT2D eigenvalue weighted by molar-refractivity contribution is -0.395. The minimum atomic E-state index is -1.27. The normalized spacial score (nSPS) is 18.0. The van der Waals surface area contributed by atoms with Gasteiger partial charge in [0, 0.05) is 0 Å². The van der Waals surface area contributed by atoms with E-state index in [1.54, 1.807) is 0 Å². The number of aliphatic hydroxyl groups is 3. The quantitative estimate of drug-likeness (QED) is 0.471. The van der Waals surface area contributed by atoms with Crippen molar-refractivity contribution >= 4 is 0 Å². The zero-order valence-electron chi connectivity index (χ0n) is 12.1. The Morgan fingerprint density at radius 2 is 0.895 bits per heavy atom. The van der Waals surface area contributed by atoms with Crippen molar-refractivity contribution in [3.8, 4) is 0 Å². The summed E-state index contributed by atoms with van der Waals surface area (Å²) in [7, 11) is 0. The van der Waals surface area contributed by atoms with E-state index in [-0.39, 0.29) is 0 Å². The van der Waals surface area contributed by atoms with Gasteiger partial charge in [-0.2, -0.15) is 0 Å². The van der Waals surface area contributed by atoms with Crippen LogP contribution in [0.2, 0.25) is 0 Å². The van der Waals surface area contributed by atoms with Gasteiger partial charge in [-0.1, -0.05) is 40.0 Å². The van der Waals surface area contributed by atoms with Crippen LogP contribution in [-0.2, 0) is 14.2 Å². The molecule has 0 fully saturated rings. The summed E-state index contributed by atoms with van der Waals surface area (Å²) in [4.78, 5) is 0. The third kappa shape index (κ3) is 10.2. The van der Waals surface area contributed by atoms with Crippen LogP contribution in [0.25, 0.3) is 0 Å². The number of rotatable bonds is 12. The van der Waals surface area contributed by atoms with Gasteiger partial charge in [-0.25, -0.2) is 0 Å². The molecule has 0 aliphatic heterocycles. The number of ether oxygens (including phenoxy) is 3. The molecule has 0 radical (unpaired) electrons. The van der Waals surface area contributed by atoms with E-state index in [4.69, 9.17) is 14.2 Å². The minimum Gasteiger partial charge on any atom is -0.368 e. The second kappa shape index (κ2) is 11.6. The highest BCUT2D eigenvalue weighted by molar-refractivity contribution is 4.45. The van der Waals surface area contributed by atoms with Gasteiger partial charge in [0.05, 0.1) is 0 Å². The Morgan fingerprint density at radius 1 is 0.632 bits per heavy atom. The highest BCUT2D eigenvalue weighted by Crippen LogP contribution is 2.13. The molecule has 0 aromatic rings. The van der Waals surface area contributed by atoms with Gasteiger partial charge < -0.3 is 29.5 Å². The van der Waals surface area contributed by atoms with Crippen molar-refractivity contribution in [2.45, 2.75) is 84.6 Å². The predicted octanol–water partition coefficient (Wildman–Crippen LogP) is 1.68. The lowest BCUT2D eigenvalue weighted by Gasteiger charge is -2.26. The Morgan fingerprint density at radius 3 is 1.11 bits per heavy atom. The Hall–Kier alpha value is -0.240. The second-order valence-electron chi connectivity index (χ2n) is 4.43. The van der Waals surface area contributed by atoms with E-state index in [0.717, 1.165) is 19.3 Å². The summed E-state index contributed by atoms with van der Waals surface area (Å²) < 4.78 is 15.3. The molecule has 19 heavy (non-hydrogen) atoms. The highest BCUT2D eigenvalue weighted by atomic mass is 16.9. The van der Waals surface area contributed by atoms with Gasteiger partial charge in [0.15, 0.2) is 18.9 Å². The summed E-state index contributed by atoms with van der Waals surface area (Å²) in [6.45, 7) is 4.44. The molecule has 3 unspecified atom stereocenters. The summed E-state index contributed by atoms with van der Waals surface area (Å²) in [6.07, 6.45) is 0.368. The van der Waals surface area contributed by atoms with Gasteiger partial charge in [-0.15, -0.1) is 0 Å². The van der Waals surface area contributed by atoms with Crippen LogP contribution < -0.4 is 0 Å². The van der Waals surface area contributed by atoms with Gasteiger partial charge in [-0.05, 0) is 19.3 Å². The first kappa shape index (κ1) is 18.8. The van der Waals surface area contributed by atoms with Crippen molar-refractivity contribution in [2.24, 2.45) is 0 Å². The summed E-state index contributed by atoms with van der Waals surface area (Å²) in [5, 5.41) is 28.7. The zero-order valence-corrected chi connectivity index (χ0v) is 12.1. The summed E-state index contributed by atoms with van der Waals surface area (Å²) in [6, 6.07) is 0. The monoisotopic (exact) mass is 280 g/mol. The van der Waals surface area contributed by atoms with Gasteiger partial charge in [-0.3, -0.25) is 0 Å². The first-order valence-corrected chi connectivity index (χ1v) is 7.03. The van der Waals surface area contributed by atoms with Crippen LogP contribution in [0, 0.1) is 0 Å². The van der Waals surface area contributed by atoms with Crippen LogP contribution in [0.5, 0.6) is 0 Å². The average molecular weight is 280 g/mol. The maximum atomic E-state index is 9.56. The van der Waals surface area contributed by atoms with Gasteiger partial charge in [0.1, 0.15) is 0 Å². The van der Waals surface area contributed by atoms with Crippen LogP contribution in [0.3, 0.4) is 0 Å². The lowest BCUT2D eigenvalue weighted by atomic mass is 10.3. The third-order valence-corrected chi connectivity index (χ3v) is 2.41. The molecule has 0 bridgehead atoms. The standard InChI is InChI=1S/C13H28O6/c1-4-7-10(14)17-13(18-11(15)8-5-2)19-12(16)9-6-3/h10-16H,4-9H2,1-3H3. The molecule has 6 nitrogen and oxygen atoms in total. The second-order valence-corrected chi connectivity index (χ2v) is 4.43. The number of hydrogen-bond donors (Lipinski definition) is 3. The predicted molar refractivity (Wildman–Crippen MR) is 69.8 cm³/mol. The lowest BCUT2D eigenvalue weighted by Crippen LogP contribution is -2.34. The van der Waals surface area contributed by atoms with Crippen LogP contribution in [0.1, 0.15) is 59.3 Å². The minimum absolute atomic E-state index is 0.428. The van der Waals surface area contributed by atoms with Gasteiger partial charge >= 0.3 is 0 Å². The molecule has 0 rings (SSSR count). The third-order valence-electron chi connectivity index (χ3n) is 2.41. The molecule has 3 atom stereocenters. The van der Waals surface area contributed by atoms with Crippen molar-refractivity contribution in [1.29, 1.82) is 0 Å². The topological polar surface area (TPSA) is 88.4 Å². The molecule has 0 saturated carbocycles. The Bertz CT molecular complexity index is 168. The maximum Gasteiger partial charge on any atom is 0.278 e. The number of hydrogen-bond acceptors (Lipinski definition) is 6. The van der Waals surface area contributed by atoms with E-state index in [1.807, 2.05) is 20.8 Å². The molecule has 0 aliphatic rings. The van der Waals surface area contributed by atoms with E-state index in [9.17, 15) is 15.3 Å². The van der Waals surface area contributed by atoms with Crippen molar-refractivity contribution in [3.05, 3.63) is 0 Å². The molecular formula is C13H28O6. The molecular weight excluding hydrogens is 252 g/mol. The fourth-order valence-electron chi connectivity index (χ4n) is 1.43.